The SMILES string of the molecule is Cc1ccc(NC(=O)COc2ccc(Br)cc2C=Nc2ccc([N+](=O)[O-])cc2)cc1. The van der Waals surface area contributed by atoms with Crippen molar-refractivity contribution in [2.75, 3.05) is 11.9 Å². The van der Waals surface area contributed by atoms with Crippen molar-refractivity contribution in [3.63, 3.8) is 0 Å². The van der Waals surface area contributed by atoms with Crippen molar-refractivity contribution in [1.82, 2.24) is 0 Å². The molecule has 0 atom stereocenters. The number of non-ortho nitro benzene ring substituents is 1. The summed E-state index contributed by atoms with van der Waals surface area (Å²) in [5, 5.41) is 13.5. The van der Waals surface area contributed by atoms with Crippen LogP contribution in [0.2, 0.25) is 0 Å². The molecule has 0 aliphatic carbocycles. The van der Waals surface area contributed by atoms with Gasteiger partial charge in [0, 0.05) is 34.1 Å². The van der Waals surface area contributed by atoms with Crippen molar-refractivity contribution in [3.05, 3.63) is 92.4 Å². The van der Waals surface area contributed by atoms with Crippen LogP contribution < -0.4 is 10.1 Å². The first kappa shape index (κ1) is 21.2. The lowest BCUT2D eigenvalue weighted by Gasteiger charge is -2.10. The molecule has 0 aromatic heterocycles. The molecule has 0 radical (unpaired) electrons. The van der Waals surface area contributed by atoms with Gasteiger partial charge >= 0.3 is 0 Å². The number of nitrogens with zero attached hydrogens (tertiary/aromatic N) is 2. The predicted molar refractivity (Wildman–Crippen MR) is 120 cm³/mol. The lowest BCUT2D eigenvalue weighted by molar-refractivity contribution is -0.384. The van der Waals surface area contributed by atoms with Gasteiger partial charge in [0.1, 0.15) is 5.75 Å². The molecule has 0 fully saturated rings. The second-order valence-corrected chi connectivity index (χ2v) is 7.33. The third-order valence-corrected chi connectivity index (χ3v) is 4.57. The minimum atomic E-state index is -0.463. The Morgan fingerprint density at radius 1 is 1.13 bits per heavy atom. The smallest absolute Gasteiger partial charge is 0.269 e. The van der Waals surface area contributed by atoms with Crippen LogP contribution in [0.1, 0.15) is 11.1 Å². The molecule has 152 valence electrons. The van der Waals surface area contributed by atoms with E-state index >= 15 is 0 Å². The topological polar surface area (TPSA) is 93.8 Å². The number of benzene rings is 3. The maximum atomic E-state index is 12.2. The molecule has 1 N–H and O–H groups in total. The molecule has 3 rings (SSSR count). The molecule has 7 nitrogen and oxygen atoms in total. The summed E-state index contributed by atoms with van der Waals surface area (Å²) in [7, 11) is 0. The summed E-state index contributed by atoms with van der Waals surface area (Å²) in [5.41, 5.74) is 3.02. The van der Waals surface area contributed by atoms with Gasteiger partial charge in [-0.3, -0.25) is 19.9 Å². The van der Waals surface area contributed by atoms with Gasteiger partial charge in [-0.2, -0.15) is 0 Å². The normalized spacial score (nSPS) is 10.7. The number of carbonyl (C=O) groups is 1. The largest absolute Gasteiger partial charge is 0.483 e. The molecule has 3 aromatic rings. The third kappa shape index (κ3) is 5.99. The molecule has 0 aliphatic rings. The zero-order chi connectivity index (χ0) is 21.5. The minimum absolute atomic E-state index is 0.0000157. The van der Waals surface area contributed by atoms with Gasteiger partial charge in [0.25, 0.3) is 11.6 Å². The van der Waals surface area contributed by atoms with Crippen molar-refractivity contribution in [2.45, 2.75) is 6.92 Å². The van der Waals surface area contributed by atoms with Crippen molar-refractivity contribution < 1.29 is 14.5 Å². The van der Waals surface area contributed by atoms with Crippen molar-refractivity contribution in [1.29, 1.82) is 0 Å². The Morgan fingerprint density at radius 2 is 1.83 bits per heavy atom. The number of rotatable bonds is 7. The molecule has 30 heavy (non-hydrogen) atoms. The number of halogens is 1. The summed E-state index contributed by atoms with van der Waals surface area (Å²) in [6, 6.07) is 18.7. The first-order chi connectivity index (χ1) is 14.4. The summed E-state index contributed by atoms with van der Waals surface area (Å²) < 4.78 is 6.50. The van der Waals surface area contributed by atoms with Gasteiger partial charge in [-0.05, 0) is 49.4 Å². The van der Waals surface area contributed by atoms with Crippen molar-refractivity contribution in [3.8, 4) is 5.75 Å². The van der Waals surface area contributed by atoms with Gasteiger partial charge in [-0.15, -0.1) is 0 Å². The fourth-order valence-electron chi connectivity index (χ4n) is 2.53. The fourth-order valence-corrected chi connectivity index (χ4v) is 2.91. The van der Waals surface area contributed by atoms with E-state index in [-0.39, 0.29) is 18.2 Å². The van der Waals surface area contributed by atoms with E-state index in [1.54, 1.807) is 30.5 Å². The molecule has 0 bridgehead atoms. The zero-order valence-corrected chi connectivity index (χ0v) is 17.6. The molecule has 0 unspecified atom stereocenters. The Bertz CT molecular complexity index is 1080. The van der Waals surface area contributed by atoms with Crippen LogP contribution in [0.5, 0.6) is 5.75 Å². The van der Waals surface area contributed by atoms with Crippen LogP contribution in [0.3, 0.4) is 0 Å². The lowest BCUT2D eigenvalue weighted by atomic mass is 10.2. The van der Waals surface area contributed by atoms with Crippen LogP contribution >= 0.6 is 15.9 Å². The number of anilines is 1. The lowest BCUT2D eigenvalue weighted by Crippen LogP contribution is -2.20. The van der Waals surface area contributed by atoms with E-state index in [0.717, 1.165) is 10.0 Å². The van der Waals surface area contributed by atoms with Crippen LogP contribution in [-0.2, 0) is 4.79 Å². The molecule has 0 spiro atoms. The first-order valence-electron chi connectivity index (χ1n) is 8.98. The second-order valence-electron chi connectivity index (χ2n) is 6.42. The molecule has 0 heterocycles. The van der Waals surface area contributed by atoms with E-state index < -0.39 is 4.92 Å². The summed E-state index contributed by atoms with van der Waals surface area (Å²) in [4.78, 5) is 26.8. The molecular weight excluding hydrogens is 450 g/mol. The number of ether oxygens (including phenoxy) is 1. The highest BCUT2D eigenvalue weighted by Gasteiger charge is 2.08. The number of nitro benzene ring substituents is 1. The van der Waals surface area contributed by atoms with E-state index in [1.165, 1.54) is 12.1 Å². The monoisotopic (exact) mass is 467 g/mol. The molecule has 8 heteroatoms. The Morgan fingerprint density at radius 3 is 2.50 bits per heavy atom. The molecule has 0 saturated heterocycles. The number of amides is 1. The molecule has 0 saturated carbocycles. The highest BCUT2D eigenvalue weighted by atomic mass is 79.9. The third-order valence-electron chi connectivity index (χ3n) is 4.08. The summed E-state index contributed by atoms with van der Waals surface area (Å²) in [6.45, 7) is 1.82. The number of carbonyl (C=O) groups excluding carboxylic acids is 1. The summed E-state index contributed by atoms with van der Waals surface area (Å²) >= 11 is 3.41. The van der Waals surface area contributed by atoms with E-state index in [9.17, 15) is 14.9 Å². The summed E-state index contributed by atoms with van der Waals surface area (Å²) in [5.74, 6) is 0.211. The number of aliphatic imine (C=N–C) groups is 1. The number of hydrogen-bond donors (Lipinski definition) is 1. The Hall–Kier alpha value is -3.52. The first-order valence-corrected chi connectivity index (χ1v) is 9.77. The number of nitrogens with one attached hydrogen (secondary N) is 1. The Labute approximate surface area is 181 Å². The number of nitro groups is 1. The van der Waals surface area contributed by atoms with Gasteiger partial charge in [-0.25, -0.2) is 0 Å². The van der Waals surface area contributed by atoms with Crippen molar-refractivity contribution >= 4 is 45.1 Å². The van der Waals surface area contributed by atoms with Gasteiger partial charge in [-0.1, -0.05) is 33.6 Å². The molecule has 3 aromatic carbocycles. The van der Waals surface area contributed by atoms with E-state index in [0.29, 0.717) is 22.7 Å². The van der Waals surface area contributed by atoms with Crippen LogP contribution in [0.15, 0.2) is 76.2 Å². The quantitative estimate of drug-likeness (QED) is 0.284. The Balaban J connectivity index is 1.67. The van der Waals surface area contributed by atoms with Gasteiger partial charge in [0.2, 0.25) is 0 Å². The minimum Gasteiger partial charge on any atom is -0.483 e. The molecular formula is C22H18BrN3O4. The number of hydrogen-bond acceptors (Lipinski definition) is 5. The van der Waals surface area contributed by atoms with Crippen LogP contribution in [0.25, 0.3) is 0 Å². The molecule has 1 amide bonds. The average molecular weight is 468 g/mol. The fraction of sp³-hybridized carbons (Fsp3) is 0.0909. The van der Waals surface area contributed by atoms with Gasteiger partial charge in [0.05, 0.1) is 10.6 Å². The highest BCUT2D eigenvalue weighted by Crippen LogP contribution is 2.24. The van der Waals surface area contributed by atoms with E-state index in [1.807, 2.05) is 37.3 Å². The van der Waals surface area contributed by atoms with Crippen molar-refractivity contribution in [2.24, 2.45) is 4.99 Å². The van der Waals surface area contributed by atoms with E-state index in [2.05, 4.69) is 26.2 Å². The second kappa shape index (κ2) is 9.80. The van der Waals surface area contributed by atoms with Gasteiger partial charge in [0.15, 0.2) is 6.61 Å². The van der Waals surface area contributed by atoms with Gasteiger partial charge < -0.3 is 10.1 Å². The predicted octanol–water partition coefficient (Wildman–Crippen LogP) is 5.43. The zero-order valence-electron chi connectivity index (χ0n) is 16.0. The molecule has 0 aliphatic heterocycles. The van der Waals surface area contributed by atoms with E-state index in [4.69, 9.17) is 4.74 Å². The highest BCUT2D eigenvalue weighted by molar-refractivity contribution is 9.10. The Kier molecular flexibility index (Phi) is 6.92. The maximum Gasteiger partial charge on any atom is 0.269 e. The average Bonchev–Trinajstić information content (AvgIpc) is 2.73. The van der Waals surface area contributed by atoms with Crippen LogP contribution in [0, 0.1) is 17.0 Å². The number of aryl methyl sites for hydroxylation is 1. The maximum absolute atomic E-state index is 12.2. The van der Waals surface area contributed by atoms with Crippen LogP contribution in [-0.4, -0.2) is 23.7 Å². The standard InChI is InChI=1S/C22H18BrN3O4/c1-15-2-5-19(6-3-15)25-22(27)14-30-21-11-4-17(23)12-16(21)13-24-18-7-9-20(10-8-18)26(28)29/h2-13H,14H2,1H3,(H,25,27). The summed E-state index contributed by atoms with van der Waals surface area (Å²) in [6.07, 6.45) is 1.58. The van der Waals surface area contributed by atoms with Crippen LogP contribution in [0.4, 0.5) is 17.1 Å².